The van der Waals surface area contributed by atoms with Gasteiger partial charge in [-0.2, -0.15) is 8.78 Å². The average Bonchev–Trinajstić information content (AvgIpc) is 2.93. The molecule has 0 unspecified atom stereocenters. The Hall–Kier alpha value is -2.48. The topological polar surface area (TPSA) is 58.6 Å². The molecule has 2 heterocycles. The Balaban J connectivity index is 1.82. The molecule has 1 aliphatic heterocycles. The van der Waals surface area contributed by atoms with Gasteiger partial charge in [0.25, 0.3) is 5.91 Å². The Morgan fingerprint density at radius 3 is 2.77 bits per heavy atom. The molecule has 0 atom stereocenters. The number of anilines is 2. The molecule has 1 N–H and O–H groups in total. The van der Waals surface area contributed by atoms with Crippen LogP contribution in [0.25, 0.3) is 0 Å². The van der Waals surface area contributed by atoms with Crippen molar-refractivity contribution < 1.29 is 23.1 Å². The summed E-state index contributed by atoms with van der Waals surface area (Å²) in [7, 11) is 0. The zero-order valence-electron chi connectivity index (χ0n) is 14.3. The predicted molar refractivity (Wildman–Crippen MR) is 96.4 cm³/mol. The van der Waals surface area contributed by atoms with Gasteiger partial charge < -0.3 is 15.0 Å². The Morgan fingerprint density at radius 2 is 2.08 bits per heavy atom. The average molecular weight is 380 g/mol. The molecule has 138 valence electrons. The Kier molecular flexibility index (Phi) is 5.22. The minimum Gasteiger partial charge on any atom is -0.433 e. The number of rotatable bonds is 4. The van der Waals surface area contributed by atoms with Gasteiger partial charge in [0.2, 0.25) is 5.91 Å². The number of fused-ring (bicyclic) bond motifs is 1. The minimum atomic E-state index is -2.99. The van der Waals surface area contributed by atoms with Crippen LogP contribution < -0.4 is 15.0 Å². The zero-order chi connectivity index (χ0) is 18.8. The predicted octanol–water partition coefficient (Wildman–Crippen LogP) is 4.21. The molecular weight excluding hydrogens is 362 g/mol. The van der Waals surface area contributed by atoms with E-state index in [0.717, 1.165) is 35.4 Å². The fourth-order valence-electron chi connectivity index (χ4n) is 3.02. The first-order valence-electron chi connectivity index (χ1n) is 8.13. The highest BCUT2D eigenvalue weighted by molar-refractivity contribution is 7.14. The number of alkyl halides is 2. The number of aryl methyl sites for hydroxylation is 2. The summed E-state index contributed by atoms with van der Waals surface area (Å²) >= 11 is 1.09. The number of amides is 2. The first-order valence-corrected chi connectivity index (χ1v) is 8.94. The van der Waals surface area contributed by atoms with Gasteiger partial charge in [-0.15, -0.1) is 11.3 Å². The molecular formula is C18H18F2N2O3S. The lowest BCUT2D eigenvalue weighted by atomic mass is 10.0. The van der Waals surface area contributed by atoms with E-state index < -0.39 is 12.5 Å². The van der Waals surface area contributed by atoms with Gasteiger partial charge in [0.05, 0.1) is 0 Å². The summed E-state index contributed by atoms with van der Waals surface area (Å²) in [6.45, 7) is 0.928. The Morgan fingerprint density at radius 1 is 1.31 bits per heavy atom. The van der Waals surface area contributed by atoms with Gasteiger partial charge >= 0.3 is 6.61 Å². The zero-order valence-corrected chi connectivity index (χ0v) is 15.2. The molecule has 2 aromatic rings. The van der Waals surface area contributed by atoms with Gasteiger partial charge in [0, 0.05) is 29.7 Å². The Bertz CT molecular complexity index is 851. The number of thiophene rings is 1. The maximum atomic E-state index is 12.5. The molecule has 0 radical (unpaired) electrons. The summed E-state index contributed by atoms with van der Waals surface area (Å²) in [6, 6.07) is 6.73. The van der Waals surface area contributed by atoms with Crippen LogP contribution in [-0.4, -0.2) is 25.0 Å². The quantitative estimate of drug-likeness (QED) is 0.864. The maximum Gasteiger partial charge on any atom is 0.387 e. The molecule has 0 saturated carbocycles. The second kappa shape index (κ2) is 7.41. The minimum absolute atomic E-state index is 0.0226. The smallest absolute Gasteiger partial charge is 0.387 e. The van der Waals surface area contributed by atoms with Crippen LogP contribution in [0.2, 0.25) is 0 Å². The van der Waals surface area contributed by atoms with E-state index in [1.807, 2.05) is 6.07 Å². The first-order chi connectivity index (χ1) is 12.3. The van der Waals surface area contributed by atoms with Crippen LogP contribution in [0.3, 0.4) is 0 Å². The van der Waals surface area contributed by atoms with Gasteiger partial charge in [-0.25, -0.2) is 0 Å². The highest BCUT2D eigenvalue weighted by Crippen LogP contribution is 2.33. The van der Waals surface area contributed by atoms with Gasteiger partial charge in [0.15, 0.2) is 0 Å². The summed E-state index contributed by atoms with van der Waals surface area (Å²) in [5.74, 6) is -0.649. The molecule has 0 aliphatic carbocycles. The number of carbonyl (C=O) groups excluding carboxylic acids is 2. The van der Waals surface area contributed by atoms with Crippen molar-refractivity contribution in [2.45, 2.75) is 33.3 Å². The van der Waals surface area contributed by atoms with Crippen LogP contribution >= 0.6 is 11.3 Å². The van der Waals surface area contributed by atoms with Gasteiger partial charge in [0.1, 0.15) is 10.6 Å². The maximum absolute atomic E-state index is 12.5. The molecule has 0 bridgehead atoms. The summed E-state index contributed by atoms with van der Waals surface area (Å²) in [6.07, 6.45) is 1.65. The molecule has 0 spiro atoms. The van der Waals surface area contributed by atoms with Crippen LogP contribution in [0.4, 0.5) is 20.2 Å². The second-order valence-electron chi connectivity index (χ2n) is 6.00. The molecule has 2 amide bonds. The third kappa shape index (κ3) is 3.85. The van der Waals surface area contributed by atoms with Gasteiger partial charge in [-0.05, 0) is 49.6 Å². The van der Waals surface area contributed by atoms with Gasteiger partial charge in [-0.1, -0.05) is 0 Å². The van der Waals surface area contributed by atoms with Crippen molar-refractivity contribution in [3.63, 3.8) is 0 Å². The number of hydrogen-bond acceptors (Lipinski definition) is 4. The summed E-state index contributed by atoms with van der Waals surface area (Å²) in [4.78, 5) is 26.7. The van der Waals surface area contributed by atoms with Crippen molar-refractivity contribution >= 4 is 34.5 Å². The number of nitrogens with zero attached hydrogens (tertiary/aromatic N) is 1. The SMILES string of the molecule is CC(=O)N1CCCc2cc(NC(=O)c3sc(C)cc3OC(F)F)ccc21. The molecule has 3 rings (SSSR count). The molecule has 5 nitrogen and oxygen atoms in total. The lowest BCUT2D eigenvalue weighted by molar-refractivity contribution is -0.116. The highest BCUT2D eigenvalue weighted by Gasteiger charge is 2.22. The normalized spacial score (nSPS) is 13.5. The molecule has 1 aromatic carbocycles. The van der Waals surface area contributed by atoms with Crippen molar-refractivity contribution in [3.8, 4) is 5.75 Å². The van der Waals surface area contributed by atoms with E-state index in [1.165, 1.54) is 13.0 Å². The van der Waals surface area contributed by atoms with Crippen LogP contribution in [0, 0.1) is 6.92 Å². The van der Waals surface area contributed by atoms with E-state index in [4.69, 9.17) is 0 Å². The summed E-state index contributed by atoms with van der Waals surface area (Å²) in [5, 5.41) is 2.72. The van der Waals surface area contributed by atoms with Crippen LogP contribution in [-0.2, 0) is 11.2 Å². The standard InChI is InChI=1S/C18H18F2N2O3S/c1-10-8-15(25-18(19)20)16(26-10)17(24)21-13-5-6-14-12(9-13)4-3-7-22(14)11(2)23/h5-6,8-9,18H,3-4,7H2,1-2H3,(H,21,24). The molecule has 1 aromatic heterocycles. The number of hydrogen-bond donors (Lipinski definition) is 1. The molecule has 26 heavy (non-hydrogen) atoms. The largest absolute Gasteiger partial charge is 0.433 e. The molecule has 0 fully saturated rings. The summed E-state index contributed by atoms with van der Waals surface area (Å²) < 4.78 is 29.4. The second-order valence-corrected chi connectivity index (χ2v) is 7.26. The van der Waals surface area contributed by atoms with Crippen LogP contribution in [0.1, 0.15) is 33.5 Å². The third-order valence-corrected chi connectivity index (χ3v) is 5.11. The van der Waals surface area contributed by atoms with Gasteiger partial charge in [-0.3, -0.25) is 9.59 Å². The van der Waals surface area contributed by atoms with Crippen molar-refractivity contribution in [1.29, 1.82) is 0 Å². The number of nitrogens with one attached hydrogen (secondary N) is 1. The lowest BCUT2D eigenvalue weighted by Crippen LogP contribution is -2.33. The van der Waals surface area contributed by atoms with E-state index in [2.05, 4.69) is 10.1 Å². The number of halogens is 2. The Labute approximate surface area is 153 Å². The molecule has 8 heteroatoms. The molecule has 1 aliphatic rings. The van der Waals surface area contributed by atoms with E-state index in [9.17, 15) is 18.4 Å². The lowest BCUT2D eigenvalue weighted by Gasteiger charge is -2.28. The van der Waals surface area contributed by atoms with Crippen LogP contribution in [0.5, 0.6) is 5.75 Å². The monoisotopic (exact) mass is 380 g/mol. The first kappa shape index (κ1) is 18.3. The molecule has 0 saturated heterocycles. The fraction of sp³-hybridized carbons (Fsp3) is 0.333. The number of ether oxygens (including phenoxy) is 1. The van der Waals surface area contributed by atoms with Crippen molar-refractivity contribution in [2.75, 3.05) is 16.8 Å². The fourth-order valence-corrected chi connectivity index (χ4v) is 3.86. The van der Waals surface area contributed by atoms with Crippen molar-refractivity contribution in [3.05, 3.63) is 39.6 Å². The van der Waals surface area contributed by atoms with E-state index in [1.54, 1.807) is 24.0 Å². The van der Waals surface area contributed by atoms with Crippen molar-refractivity contribution in [1.82, 2.24) is 0 Å². The summed E-state index contributed by atoms with van der Waals surface area (Å²) in [5.41, 5.74) is 2.36. The highest BCUT2D eigenvalue weighted by atomic mass is 32.1. The van der Waals surface area contributed by atoms with E-state index in [0.29, 0.717) is 17.1 Å². The van der Waals surface area contributed by atoms with E-state index >= 15 is 0 Å². The number of carbonyl (C=O) groups is 2. The number of benzene rings is 1. The van der Waals surface area contributed by atoms with Crippen LogP contribution in [0.15, 0.2) is 24.3 Å². The third-order valence-electron chi connectivity index (χ3n) is 4.08. The van der Waals surface area contributed by atoms with E-state index in [-0.39, 0.29) is 16.5 Å². The van der Waals surface area contributed by atoms with Crippen molar-refractivity contribution in [2.24, 2.45) is 0 Å².